The number of hydrogen-bond acceptors (Lipinski definition) is 5. The quantitative estimate of drug-likeness (QED) is 0.338. The number of rotatable bonds is 6. The third-order valence-corrected chi connectivity index (χ3v) is 4.25. The predicted octanol–water partition coefficient (Wildman–Crippen LogP) is 4.79. The molecule has 32 heavy (non-hydrogen) atoms. The van der Waals surface area contributed by atoms with Gasteiger partial charge >= 0.3 is 6.36 Å². The van der Waals surface area contributed by atoms with Crippen LogP contribution in [0.2, 0.25) is 0 Å². The van der Waals surface area contributed by atoms with E-state index in [1.54, 1.807) is 7.11 Å². The van der Waals surface area contributed by atoms with Gasteiger partial charge in [-0.3, -0.25) is 4.79 Å². The van der Waals surface area contributed by atoms with Crippen molar-refractivity contribution >= 4 is 39.9 Å². The van der Waals surface area contributed by atoms with E-state index < -0.39 is 18.0 Å². The summed E-state index contributed by atoms with van der Waals surface area (Å²) in [5, 5.41) is 2.61. The van der Waals surface area contributed by atoms with Gasteiger partial charge in [0.15, 0.2) is 0 Å². The molecule has 1 aliphatic heterocycles. The zero-order valence-electron chi connectivity index (χ0n) is 17.6. The molecule has 174 valence electrons. The topological polar surface area (TPSA) is 71.6 Å². The number of ether oxygens (including phenoxy) is 2. The van der Waals surface area contributed by atoms with Crippen molar-refractivity contribution in [3.8, 4) is 11.5 Å². The second-order valence-electron chi connectivity index (χ2n) is 6.60. The molecule has 3 rings (SSSR count). The molecule has 0 aromatic heterocycles. The number of carbonyl (C=O) groups is 1. The summed E-state index contributed by atoms with van der Waals surface area (Å²) in [5.74, 6) is -0.517. The molecule has 2 aromatic carbocycles. The normalized spacial score (nSPS) is 15.5. The van der Waals surface area contributed by atoms with E-state index in [2.05, 4.69) is 49.6 Å². The molecule has 1 heterocycles. The fourth-order valence-corrected chi connectivity index (χ4v) is 2.92. The van der Waals surface area contributed by atoms with Gasteiger partial charge in [-0.25, -0.2) is 5.43 Å². The first-order valence-corrected chi connectivity index (χ1v) is 14.1. The van der Waals surface area contributed by atoms with Crippen LogP contribution in [0, 0.1) is 6.92 Å². The Balaban J connectivity index is 0.00000114. The highest BCUT2D eigenvalue weighted by Crippen LogP contribution is 2.28. The standard InChI is InChI=1S/C20H20F3N3O3.CH4IP/c1-12-7-8-17(28-2)15(9-12)16-10-13(25-26-16)11-24-19(27)14-5-3-4-6-18(14)29-20(21,22)23;1-3-2/h3-10,13,25-26H,11H2,1-2H3,(H,24,27);3H,1H3. The molecule has 2 atom stereocenters. The molecule has 1 aliphatic rings. The molecule has 2 unspecified atom stereocenters. The summed E-state index contributed by atoms with van der Waals surface area (Å²) in [5.41, 5.74) is 8.55. The van der Waals surface area contributed by atoms with Crippen molar-refractivity contribution in [1.29, 1.82) is 0 Å². The number of hydrogen-bond donors (Lipinski definition) is 3. The molecule has 0 saturated carbocycles. The number of aryl methyl sites for hydroxylation is 1. The summed E-state index contributed by atoms with van der Waals surface area (Å²) in [6.07, 6.45) is -1.95. The Morgan fingerprint density at radius 2 is 1.91 bits per heavy atom. The second kappa shape index (κ2) is 12.3. The van der Waals surface area contributed by atoms with Crippen molar-refractivity contribution in [3.63, 3.8) is 0 Å². The highest BCUT2D eigenvalue weighted by atomic mass is 127. The van der Waals surface area contributed by atoms with E-state index in [9.17, 15) is 18.0 Å². The lowest BCUT2D eigenvalue weighted by Gasteiger charge is -2.14. The highest BCUT2D eigenvalue weighted by molar-refractivity contribution is 14.2. The molecule has 0 saturated heterocycles. The number of benzene rings is 2. The van der Waals surface area contributed by atoms with Gasteiger partial charge in [0.2, 0.25) is 0 Å². The number of para-hydroxylation sites is 1. The van der Waals surface area contributed by atoms with Crippen molar-refractivity contribution < 1.29 is 27.4 Å². The summed E-state index contributed by atoms with van der Waals surface area (Å²) in [6.45, 7) is 4.26. The second-order valence-corrected chi connectivity index (χ2v) is 10.2. The number of amides is 1. The summed E-state index contributed by atoms with van der Waals surface area (Å²) in [4.78, 5) is 12.4. The zero-order valence-corrected chi connectivity index (χ0v) is 20.8. The van der Waals surface area contributed by atoms with Crippen molar-refractivity contribution in [3.05, 3.63) is 65.2 Å². The first-order chi connectivity index (χ1) is 15.2. The molecule has 1 amide bonds. The zero-order chi connectivity index (χ0) is 23.7. The Bertz CT molecular complexity index is 957. The SMILES string of the molecule is COc1ccc(C)cc1C1=CC(CNC(=O)c2ccccc2OC(F)(F)F)NN1.CPI. The van der Waals surface area contributed by atoms with Crippen LogP contribution >= 0.6 is 28.3 Å². The fourth-order valence-electron chi connectivity index (χ4n) is 2.92. The number of carbonyl (C=O) groups excluding carboxylic acids is 1. The summed E-state index contributed by atoms with van der Waals surface area (Å²) in [6, 6.07) is 10.7. The van der Waals surface area contributed by atoms with E-state index in [-0.39, 0.29) is 18.2 Å². The largest absolute Gasteiger partial charge is 0.573 e. The van der Waals surface area contributed by atoms with Crippen LogP contribution in [0.5, 0.6) is 11.5 Å². The van der Waals surface area contributed by atoms with E-state index >= 15 is 0 Å². The maximum absolute atomic E-state index is 12.5. The molecule has 11 heteroatoms. The van der Waals surface area contributed by atoms with Gasteiger partial charge < -0.3 is 20.2 Å². The number of alkyl halides is 3. The van der Waals surface area contributed by atoms with Crippen LogP contribution in [-0.2, 0) is 0 Å². The monoisotopic (exact) mass is 581 g/mol. The van der Waals surface area contributed by atoms with Crippen LogP contribution in [0.3, 0.4) is 0 Å². The fraction of sp³-hybridized carbons (Fsp3) is 0.286. The van der Waals surface area contributed by atoms with Gasteiger partial charge in [0.05, 0.1) is 24.4 Å². The van der Waals surface area contributed by atoms with Crippen molar-refractivity contribution in [2.75, 3.05) is 20.3 Å². The van der Waals surface area contributed by atoms with E-state index in [0.717, 1.165) is 29.1 Å². The number of methoxy groups -OCH3 is 1. The average molecular weight is 581 g/mol. The van der Waals surface area contributed by atoms with Gasteiger partial charge in [-0.05, 0) is 43.9 Å². The molecule has 3 N–H and O–H groups in total. The lowest BCUT2D eigenvalue weighted by atomic mass is 10.1. The van der Waals surface area contributed by atoms with Gasteiger partial charge in [0.1, 0.15) is 11.5 Å². The van der Waals surface area contributed by atoms with E-state index in [4.69, 9.17) is 4.74 Å². The molecule has 0 spiro atoms. The van der Waals surface area contributed by atoms with Crippen molar-refractivity contribution in [2.45, 2.75) is 19.3 Å². The Kier molecular flexibility index (Phi) is 10.0. The van der Waals surface area contributed by atoms with E-state index in [1.807, 2.05) is 31.2 Å². The Hall–Kier alpha value is -2.04. The Labute approximate surface area is 199 Å². The van der Waals surface area contributed by atoms with E-state index in [1.165, 1.54) is 18.2 Å². The van der Waals surface area contributed by atoms with Gasteiger partial charge in [-0.2, -0.15) is 0 Å². The minimum absolute atomic E-state index is 0.157. The van der Waals surface area contributed by atoms with Gasteiger partial charge in [-0.15, -0.1) is 13.2 Å². The van der Waals surface area contributed by atoms with Gasteiger partial charge in [0.25, 0.3) is 5.91 Å². The minimum atomic E-state index is -4.88. The number of hydrazine groups is 1. The Morgan fingerprint density at radius 3 is 2.56 bits per heavy atom. The third kappa shape index (κ3) is 7.83. The molecule has 0 radical (unpaired) electrons. The maximum atomic E-state index is 12.5. The van der Waals surface area contributed by atoms with Crippen LogP contribution in [-0.4, -0.2) is 38.6 Å². The van der Waals surface area contributed by atoms with Gasteiger partial charge in [0, 0.05) is 12.1 Å². The molecule has 0 fully saturated rings. The van der Waals surface area contributed by atoms with Crippen LogP contribution in [0.15, 0.2) is 48.5 Å². The maximum Gasteiger partial charge on any atom is 0.573 e. The lowest BCUT2D eigenvalue weighted by molar-refractivity contribution is -0.274. The van der Waals surface area contributed by atoms with Crippen LogP contribution in [0.25, 0.3) is 5.70 Å². The molecular weight excluding hydrogens is 557 g/mol. The summed E-state index contributed by atoms with van der Waals surface area (Å²) < 4.78 is 46.9. The smallest absolute Gasteiger partial charge is 0.496 e. The Morgan fingerprint density at radius 1 is 1.22 bits per heavy atom. The number of nitrogens with one attached hydrogen (secondary N) is 3. The molecular formula is C21H24F3IN3O3P. The predicted molar refractivity (Wildman–Crippen MR) is 129 cm³/mol. The molecule has 6 nitrogen and oxygen atoms in total. The average Bonchev–Trinajstić information content (AvgIpc) is 3.21. The van der Waals surface area contributed by atoms with Crippen LogP contribution in [0.4, 0.5) is 13.2 Å². The third-order valence-electron chi connectivity index (χ3n) is 4.25. The minimum Gasteiger partial charge on any atom is -0.496 e. The molecule has 0 bridgehead atoms. The van der Waals surface area contributed by atoms with Gasteiger partial charge in [-0.1, -0.05) is 52.0 Å². The lowest BCUT2D eigenvalue weighted by Crippen LogP contribution is -2.41. The first-order valence-electron chi connectivity index (χ1n) is 9.47. The highest BCUT2D eigenvalue weighted by Gasteiger charge is 2.33. The summed E-state index contributed by atoms with van der Waals surface area (Å²) in [7, 11) is 1.58. The van der Waals surface area contributed by atoms with E-state index in [0.29, 0.717) is 5.75 Å². The van der Waals surface area contributed by atoms with Crippen LogP contribution in [0.1, 0.15) is 21.5 Å². The van der Waals surface area contributed by atoms with Crippen molar-refractivity contribution in [1.82, 2.24) is 16.2 Å². The van der Waals surface area contributed by atoms with Crippen LogP contribution < -0.4 is 25.6 Å². The van der Waals surface area contributed by atoms with Crippen molar-refractivity contribution in [2.24, 2.45) is 0 Å². The first kappa shape index (κ1) is 26.2. The summed E-state index contributed by atoms with van der Waals surface area (Å²) >= 11 is 2.32. The molecule has 2 aromatic rings. The number of halogens is 4. The molecule has 0 aliphatic carbocycles.